The molecule has 0 saturated carbocycles. The number of aryl methyl sites for hydroxylation is 1. The van der Waals surface area contributed by atoms with Crippen molar-refractivity contribution in [2.24, 2.45) is 0 Å². The number of fused-ring (bicyclic) bond motifs is 1. The van der Waals surface area contributed by atoms with Crippen molar-refractivity contribution < 1.29 is 9.59 Å². The molecule has 5 nitrogen and oxygen atoms in total. The predicted molar refractivity (Wildman–Crippen MR) is 91.8 cm³/mol. The Kier molecular flexibility index (Phi) is 5.64. The van der Waals surface area contributed by atoms with E-state index in [9.17, 15) is 9.59 Å². The summed E-state index contributed by atoms with van der Waals surface area (Å²) >= 11 is 0. The van der Waals surface area contributed by atoms with Crippen LogP contribution in [-0.4, -0.2) is 54.3 Å². The third-order valence-electron chi connectivity index (χ3n) is 4.22. The maximum Gasteiger partial charge on any atom is 0.253 e. The molecular formula is C17H20ClN3O2. The number of nitrogens with zero attached hydrogens (tertiary/aromatic N) is 2. The van der Waals surface area contributed by atoms with Gasteiger partial charge in [0.1, 0.15) is 0 Å². The number of amides is 2. The lowest BCUT2D eigenvalue weighted by Crippen LogP contribution is -2.48. The number of nitrogens with one attached hydrogen (secondary N) is 1. The summed E-state index contributed by atoms with van der Waals surface area (Å²) in [6.07, 6.45) is 6.49. The second kappa shape index (κ2) is 7.49. The first-order chi connectivity index (χ1) is 10.7. The molecule has 1 N–H and O–H groups in total. The smallest absolute Gasteiger partial charge is 0.253 e. The standard InChI is InChI=1S/C17H19N3O2.ClH/c1-2-7-19-8-10-20(11-9-19)17(22)14-3-5-15-13(12-14)4-6-16(21)18-15;/h1,3,5,12H,4,6-11H2,(H,18,21);1H. The van der Waals surface area contributed by atoms with Gasteiger partial charge >= 0.3 is 0 Å². The molecule has 0 atom stereocenters. The minimum absolute atomic E-state index is 0. The van der Waals surface area contributed by atoms with E-state index in [0.29, 0.717) is 38.0 Å². The van der Waals surface area contributed by atoms with Crippen LogP contribution in [0.5, 0.6) is 0 Å². The average molecular weight is 334 g/mol. The third-order valence-corrected chi connectivity index (χ3v) is 4.22. The van der Waals surface area contributed by atoms with Gasteiger partial charge in [-0.25, -0.2) is 0 Å². The molecule has 1 aromatic rings. The van der Waals surface area contributed by atoms with Gasteiger partial charge in [0.2, 0.25) is 5.91 Å². The monoisotopic (exact) mass is 333 g/mol. The Balaban J connectivity index is 0.00000192. The highest BCUT2D eigenvalue weighted by atomic mass is 35.5. The first-order valence-electron chi connectivity index (χ1n) is 7.55. The van der Waals surface area contributed by atoms with Crippen LogP contribution in [0, 0.1) is 12.3 Å². The molecule has 0 spiro atoms. The molecule has 0 unspecified atom stereocenters. The van der Waals surface area contributed by atoms with Crippen LogP contribution in [0.2, 0.25) is 0 Å². The Labute approximate surface area is 142 Å². The third kappa shape index (κ3) is 3.84. The van der Waals surface area contributed by atoms with Gasteiger partial charge in [-0.15, -0.1) is 18.8 Å². The SMILES string of the molecule is C#CCN1CCN(C(=O)c2ccc3c(c2)CCC(=O)N3)CC1.Cl. The van der Waals surface area contributed by atoms with Gasteiger partial charge in [-0.2, -0.15) is 0 Å². The average Bonchev–Trinajstić information content (AvgIpc) is 2.55. The molecule has 1 fully saturated rings. The van der Waals surface area contributed by atoms with Crippen molar-refractivity contribution in [3.8, 4) is 12.3 Å². The quantitative estimate of drug-likeness (QED) is 0.832. The Hall–Kier alpha value is -2.03. The molecule has 3 rings (SSSR count). The van der Waals surface area contributed by atoms with E-state index in [2.05, 4.69) is 16.1 Å². The molecule has 2 aliphatic rings. The maximum absolute atomic E-state index is 12.6. The van der Waals surface area contributed by atoms with Gasteiger partial charge in [0.05, 0.1) is 6.54 Å². The summed E-state index contributed by atoms with van der Waals surface area (Å²) < 4.78 is 0. The van der Waals surface area contributed by atoms with Gasteiger partial charge in [0, 0.05) is 43.9 Å². The number of hydrogen-bond acceptors (Lipinski definition) is 3. The largest absolute Gasteiger partial charge is 0.336 e. The zero-order valence-electron chi connectivity index (χ0n) is 12.9. The van der Waals surface area contributed by atoms with Gasteiger partial charge in [-0.3, -0.25) is 14.5 Å². The van der Waals surface area contributed by atoms with Crippen LogP contribution in [0.25, 0.3) is 0 Å². The number of terminal acetylenes is 1. The number of carbonyl (C=O) groups is 2. The van der Waals surface area contributed by atoms with Crippen molar-refractivity contribution in [2.45, 2.75) is 12.8 Å². The van der Waals surface area contributed by atoms with Crippen molar-refractivity contribution in [1.29, 1.82) is 0 Å². The molecule has 0 aromatic heterocycles. The van der Waals surface area contributed by atoms with Crippen LogP contribution in [0.15, 0.2) is 18.2 Å². The summed E-state index contributed by atoms with van der Waals surface area (Å²) in [4.78, 5) is 28.0. The van der Waals surface area contributed by atoms with E-state index in [-0.39, 0.29) is 24.2 Å². The summed E-state index contributed by atoms with van der Waals surface area (Å²) in [5.41, 5.74) is 2.56. The van der Waals surface area contributed by atoms with Crippen molar-refractivity contribution in [3.05, 3.63) is 29.3 Å². The van der Waals surface area contributed by atoms with Crippen LogP contribution in [-0.2, 0) is 11.2 Å². The highest BCUT2D eigenvalue weighted by molar-refractivity contribution is 5.98. The van der Waals surface area contributed by atoms with E-state index in [0.717, 1.165) is 24.3 Å². The molecule has 6 heteroatoms. The number of anilines is 1. The predicted octanol–water partition coefficient (Wildman–Crippen LogP) is 1.38. The fourth-order valence-electron chi connectivity index (χ4n) is 2.94. The summed E-state index contributed by atoms with van der Waals surface area (Å²) in [6, 6.07) is 5.53. The van der Waals surface area contributed by atoms with E-state index in [1.165, 1.54) is 0 Å². The van der Waals surface area contributed by atoms with Crippen LogP contribution in [0.4, 0.5) is 5.69 Å². The molecule has 2 amide bonds. The second-order valence-corrected chi connectivity index (χ2v) is 5.69. The minimum atomic E-state index is 0. The van der Waals surface area contributed by atoms with Crippen LogP contribution in [0.1, 0.15) is 22.3 Å². The summed E-state index contributed by atoms with van der Waals surface area (Å²) in [5, 5.41) is 2.84. The van der Waals surface area contributed by atoms with E-state index < -0.39 is 0 Å². The normalized spacial score (nSPS) is 17.5. The molecule has 1 saturated heterocycles. The lowest BCUT2D eigenvalue weighted by atomic mass is 10.00. The highest BCUT2D eigenvalue weighted by Gasteiger charge is 2.23. The Bertz CT molecular complexity index is 646. The lowest BCUT2D eigenvalue weighted by molar-refractivity contribution is -0.116. The zero-order chi connectivity index (χ0) is 15.5. The molecule has 0 bridgehead atoms. The van der Waals surface area contributed by atoms with Gasteiger partial charge < -0.3 is 10.2 Å². The van der Waals surface area contributed by atoms with Gasteiger partial charge in [0.25, 0.3) is 5.91 Å². The van der Waals surface area contributed by atoms with E-state index in [1.807, 2.05) is 17.0 Å². The fourth-order valence-corrected chi connectivity index (χ4v) is 2.94. The second-order valence-electron chi connectivity index (χ2n) is 5.69. The van der Waals surface area contributed by atoms with E-state index in [1.54, 1.807) is 6.07 Å². The Morgan fingerprint density at radius 3 is 2.65 bits per heavy atom. The van der Waals surface area contributed by atoms with E-state index in [4.69, 9.17) is 6.42 Å². The van der Waals surface area contributed by atoms with Crippen molar-refractivity contribution in [1.82, 2.24) is 9.80 Å². The van der Waals surface area contributed by atoms with Crippen LogP contribution in [0.3, 0.4) is 0 Å². The first-order valence-corrected chi connectivity index (χ1v) is 7.55. The summed E-state index contributed by atoms with van der Waals surface area (Å²) in [5.74, 6) is 2.73. The molecule has 122 valence electrons. The number of halogens is 1. The van der Waals surface area contributed by atoms with Gasteiger partial charge in [-0.1, -0.05) is 5.92 Å². The topological polar surface area (TPSA) is 52.7 Å². The number of carbonyl (C=O) groups excluding carboxylic acids is 2. The summed E-state index contributed by atoms with van der Waals surface area (Å²) in [7, 11) is 0. The number of hydrogen-bond donors (Lipinski definition) is 1. The number of rotatable bonds is 2. The highest BCUT2D eigenvalue weighted by Crippen LogP contribution is 2.24. The Morgan fingerprint density at radius 1 is 1.22 bits per heavy atom. The van der Waals surface area contributed by atoms with Crippen LogP contribution >= 0.6 is 12.4 Å². The number of benzene rings is 1. The molecule has 0 radical (unpaired) electrons. The van der Waals surface area contributed by atoms with Crippen molar-refractivity contribution in [3.63, 3.8) is 0 Å². The Morgan fingerprint density at radius 2 is 1.96 bits per heavy atom. The molecule has 0 aliphatic carbocycles. The fraction of sp³-hybridized carbons (Fsp3) is 0.412. The van der Waals surface area contributed by atoms with Crippen molar-refractivity contribution >= 4 is 29.9 Å². The first kappa shape index (κ1) is 17.3. The molecule has 1 aromatic carbocycles. The van der Waals surface area contributed by atoms with Crippen molar-refractivity contribution in [2.75, 3.05) is 38.0 Å². The molecular weight excluding hydrogens is 314 g/mol. The molecule has 2 aliphatic heterocycles. The zero-order valence-corrected chi connectivity index (χ0v) is 13.7. The summed E-state index contributed by atoms with van der Waals surface area (Å²) in [6.45, 7) is 3.68. The van der Waals surface area contributed by atoms with Crippen LogP contribution < -0.4 is 5.32 Å². The number of piperazine rings is 1. The lowest BCUT2D eigenvalue weighted by Gasteiger charge is -2.33. The van der Waals surface area contributed by atoms with E-state index >= 15 is 0 Å². The molecule has 23 heavy (non-hydrogen) atoms. The molecule has 2 heterocycles. The minimum Gasteiger partial charge on any atom is -0.336 e. The van der Waals surface area contributed by atoms with Gasteiger partial charge in [0.15, 0.2) is 0 Å². The maximum atomic E-state index is 12.6. The van der Waals surface area contributed by atoms with Gasteiger partial charge in [-0.05, 0) is 30.2 Å².